The molecule has 0 radical (unpaired) electrons. The van der Waals surface area contributed by atoms with Crippen molar-refractivity contribution in [3.63, 3.8) is 0 Å². The summed E-state index contributed by atoms with van der Waals surface area (Å²) in [5.41, 5.74) is 0.560. The first-order valence-electron chi connectivity index (χ1n) is 14.4. The molecule has 11 nitrogen and oxygen atoms in total. The van der Waals surface area contributed by atoms with E-state index in [9.17, 15) is 14.0 Å². The molecular weight excluding hydrogens is 574 g/mol. The summed E-state index contributed by atoms with van der Waals surface area (Å²) in [6.45, 7) is 6.66. The van der Waals surface area contributed by atoms with E-state index in [1.165, 1.54) is 42.7 Å². The third-order valence-corrected chi connectivity index (χ3v) is 7.84. The van der Waals surface area contributed by atoms with Gasteiger partial charge in [-0.05, 0) is 62.6 Å². The van der Waals surface area contributed by atoms with Crippen LogP contribution in [0.1, 0.15) is 24.8 Å². The van der Waals surface area contributed by atoms with Crippen molar-refractivity contribution in [1.29, 1.82) is 0 Å². The zero-order valence-corrected chi connectivity index (χ0v) is 24.1. The van der Waals surface area contributed by atoms with Crippen LogP contribution in [-0.4, -0.2) is 70.8 Å². The van der Waals surface area contributed by atoms with E-state index in [4.69, 9.17) is 14.2 Å². The topological polar surface area (TPSA) is 119 Å². The first kappa shape index (κ1) is 29.5. The molecular formula is C31H32F2N6O5. The van der Waals surface area contributed by atoms with Gasteiger partial charge in [0.05, 0.1) is 26.0 Å². The third-order valence-electron chi connectivity index (χ3n) is 7.84. The lowest BCUT2D eigenvalue weighted by atomic mass is 10.0. The molecule has 2 aliphatic rings. The number of morpholine rings is 1. The van der Waals surface area contributed by atoms with E-state index in [0.717, 1.165) is 50.9 Å². The molecule has 13 heteroatoms. The Bertz CT molecular complexity index is 1670. The Kier molecular flexibility index (Phi) is 8.40. The Hall–Kier alpha value is -4.62. The zero-order chi connectivity index (χ0) is 30.7. The molecule has 0 bridgehead atoms. The highest BCUT2D eigenvalue weighted by atomic mass is 19.1. The number of carbonyl (C=O) groups is 2. The average Bonchev–Trinajstić information content (AvgIpc) is 3.78. The summed E-state index contributed by atoms with van der Waals surface area (Å²) >= 11 is 0. The number of aromatic nitrogens is 3. The Morgan fingerprint density at radius 3 is 2.41 bits per heavy atom. The van der Waals surface area contributed by atoms with Gasteiger partial charge in [0.1, 0.15) is 28.8 Å². The van der Waals surface area contributed by atoms with Crippen LogP contribution in [0.25, 0.3) is 5.52 Å². The number of nitrogens with one attached hydrogen (secondary N) is 2. The maximum atomic E-state index is 15.2. The lowest BCUT2D eigenvalue weighted by Gasteiger charge is -2.26. The number of fused-ring (bicyclic) bond motifs is 1. The molecule has 2 aromatic heterocycles. The zero-order valence-electron chi connectivity index (χ0n) is 24.1. The van der Waals surface area contributed by atoms with E-state index in [-0.39, 0.29) is 17.3 Å². The molecule has 3 heterocycles. The molecule has 1 aliphatic carbocycles. The molecule has 6 rings (SSSR count). The van der Waals surface area contributed by atoms with E-state index < -0.39 is 28.9 Å². The molecule has 230 valence electrons. The summed E-state index contributed by atoms with van der Waals surface area (Å²) < 4.78 is 47.2. The van der Waals surface area contributed by atoms with Crippen molar-refractivity contribution < 1.29 is 32.6 Å². The fraction of sp³-hybridized carbons (Fsp3) is 0.355. The minimum absolute atomic E-state index is 0.104. The quantitative estimate of drug-likeness (QED) is 0.188. The van der Waals surface area contributed by atoms with Gasteiger partial charge in [-0.1, -0.05) is 0 Å². The third kappa shape index (κ3) is 6.33. The van der Waals surface area contributed by atoms with E-state index in [1.54, 1.807) is 10.7 Å². The second kappa shape index (κ2) is 12.5. The summed E-state index contributed by atoms with van der Waals surface area (Å²) in [6, 6.07) is 9.24. The van der Waals surface area contributed by atoms with Crippen LogP contribution < -0.4 is 20.1 Å². The number of rotatable bonds is 11. The molecule has 1 saturated carbocycles. The van der Waals surface area contributed by atoms with Crippen LogP contribution in [0.15, 0.2) is 55.0 Å². The van der Waals surface area contributed by atoms with Crippen molar-refractivity contribution in [3.05, 3.63) is 72.2 Å². The van der Waals surface area contributed by atoms with Crippen LogP contribution in [0.4, 0.5) is 20.2 Å². The van der Waals surface area contributed by atoms with E-state index in [1.807, 2.05) is 6.92 Å². The predicted molar refractivity (Wildman–Crippen MR) is 157 cm³/mol. The van der Waals surface area contributed by atoms with Gasteiger partial charge >= 0.3 is 0 Å². The molecule has 2 fully saturated rings. The molecule has 0 atom stereocenters. The van der Waals surface area contributed by atoms with Gasteiger partial charge in [0.25, 0.3) is 0 Å². The van der Waals surface area contributed by atoms with E-state index in [0.29, 0.717) is 36.4 Å². The first-order valence-corrected chi connectivity index (χ1v) is 14.4. The number of benzene rings is 2. The Balaban J connectivity index is 1.09. The van der Waals surface area contributed by atoms with Crippen molar-refractivity contribution in [2.45, 2.75) is 26.2 Å². The highest BCUT2D eigenvalue weighted by Gasteiger charge is 2.56. The van der Waals surface area contributed by atoms with Crippen molar-refractivity contribution >= 4 is 28.7 Å². The highest BCUT2D eigenvalue weighted by molar-refractivity contribution is 6.16. The minimum atomic E-state index is -1.28. The summed E-state index contributed by atoms with van der Waals surface area (Å²) in [5, 5.41) is 9.52. The van der Waals surface area contributed by atoms with Crippen LogP contribution >= 0.6 is 0 Å². The van der Waals surface area contributed by atoms with Gasteiger partial charge in [0.15, 0.2) is 11.6 Å². The average molecular weight is 607 g/mol. The fourth-order valence-corrected chi connectivity index (χ4v) is 5.10. The fourth-order valence-electron chi connectivity index (χ4n) is 5.10. The largest absolute Gasteiger partial charge is 0.492 e. The van der Waals surface area contributed by atoms with Gasteiger partial charge in [-0.15, -0.1) is 0 Å². The molecule has 1 saturated heterocycles. The normalized spacial score (nSPS) is 16.0. The summed E-state index contributed by atoms with van der Waals surface area (Å²) in [6.07, 6.45) is 4.59. The van der Waals surface area contributed by atoms with Crippen LogP contribution in [0, 0.1) is 24.0 Å². The van der Waals surface area contributed by atoms with Gasteiger partial charge in [-0.3, -0.25) is 14.5 Å². The number of amides is 2. The Morgan fingerprint density at radius 2 is 1.70 bits per heavy atom. The van der Waals surface area contributed by atoms with Gasteiger partial charge in [-0.2, -0.15) is 10.1 Å². The summed E-state index contributed by atoms with van der Waals surface area (Å²) in [7, 11) is 0. The number of anilines is 2. The number of aryl methyl sites for hydroxylation is 1. The van der Waals surface area contributed by atoms with Crippen LogP contribution in [0.3, 0.4) is 0 Å². The molecule has 2 N–H and O–H groups in total. The van der Waals surface area contributed by atoms with Gasteiger partial charge in [0, 0.05) is 42.6 Å². The number of hydrogen-bond donors (Lipinski definition) is 2. The summed E-state index contributed by atoms with van der Waals surface area (Å²) in [5.74, 6) is -1.55. The number of carbonyl (C=O) groups excluding carboxylic acids is 2. The molecule has 2 amide bonds. The predicted octanol–water partition coefficient (Wildman–Crippen LogP) is 4.57. The Labute approximate surface area is 252 Å². The Morgan fingerprint density at radius 1 is 1.00 bits per heavy atom. The van der Waals surface area contributed by atoms with Crippen LogP contribution in [0.5, 0.6) is 17.4 Å². The SMILES string of the molecule is Cc1c(OCCCN2CCOCC2)cn2ncnc(Oc3ccc(NC(=O)C4(C(=O)Nc5ccc(F)cc5)CC4)cc3F)c12. The maximum absolute atomic E-state index is 15.2. The summed E-state index contributed by atoms with van der Waals surface area (Å²) in [4.78, 5) is 32.4. The molecule has 0 unspecified atom stereocenters. The lowest BCUT2D eigenvalue weighted by Crippen LogP contribution is -2.37. The second-order valence-corrected chi connectivity index (χ2v) is 10.9. The molecule has 1 aliphatic heterocycles. The van der Waals surface area contributed by atoms with Crippen molar-refractivity contribution in [2.24, 2.45) is 5.41 Å². The highest BCUT2D eigenvalue weighted by Crippen LogP contribution is 2.47. The van der Waals surface area contributed by atoms with Gasteiger partial charge < -0.3 is 24.8 Å². The van der Waals surface area contributed by atoms with Gasteiger partial charge in [-0.25, -0.2) is 13.3 Å². The molecule has 2 aromatic carbocycles. The van der Waals surface area contributed by atoms with E-state index >= 15 is 4.39 Å². The van der Waals surface area contributed by atoms with E-state index in [2.05, 4.69) is 25.6 Å². The van der Waals surface area contributed by atoms with Crippen molar-refractivity contribution in [2.75, 3.05) is 50.1 Å². The molecule has 0 spiro atoms. The van der Waals surface area contributed by atoms with Crippen molar-refractivity contribution in [1.82, 2.24) is 19.5 Å². The van der Waals surface area contributed by atoms with Crippen molar-refractivity contribution in [3.8, 4) is 17.4 Å². The van der Waals surface area contributed by atoms with Crippen LogP contribution in [0.2, 0.25) is 0 Å². The van der Waals surface area contributed by atoms with Gasteiger partial charge in [0.2, 0.25) is 17.7 Å². The second-order valence-electron chi connectivity index (χ2n) is 10.9. The number of ether oxygens (including phenoxy) is 3. The number of nitrogens with zero attached hydrogens (tertiary/aromatic N) is 4. The maximum Gasteiger partial charge on any atom is 0.247 e. The molecule has 4 aromatic rings. The number of halogens is 2. The molecule has 44 heavy (non-hydrogen) atoms. The smallest absolute Gasteiger partial charge is 0.247 e. The first-order chi connectivity index (χ1) is 21.3. The standard InChI is InChI=1S/C31H32F2N6O5/c1-20-26(43-14-2-11-38-12-15-42-16-13-38)18-39-27(20)28(34-19-35-39)44-25-8-7-23(17-24(25)33)37-30(41)31(9-10-31)29(40)36-22-5-3-21(32)4-6-22/h3-8,17-19H,2,9-16H2,1H3,(H,36,40)(H,37,41). The monoisotopic (exact) mass is 606 g/mol. The number of hydrogen-bond acceptors (Lipinski definition) is 8. The minimum Gasteiger partial charge on any atom is -0.492 e. The van der Waals surface area contributed by atoms with Crippen LogP contribution in [-0.2, 0) is 14.3 Å². The lowest BCUT2D eigenvalue weighted by molar-refractivity contribution is -0.131.